The van der Waals surface area contributed by atoms with E-state index in [0.29, 0.717) is 11.5 Å². The average molecular weight is 517 g/mol. The van der Waals surface area contributed by atoms with Crippen molar-refractivity contribution in [2.45, 2.75) is 164 Å². The largest absolute Gasteiger partial charge is 0.353 e. The molecule has 2 nitrogen and oxygen atoms in total. The van der Waals surface area contributed by atoms with Crippen LogP contribution in [0.25, 0.3) is 0 Å². The van der Waals surface area contributed by atoms with E-state index in [1.54, 1.807) is 0 Å². The van der Waals surface area contributed by atoms with Crippen molar-refractivity contribution >= 4 is 0 Å². The molecule has 0 spiro atoms. The van der Waals surface area contributed by atoms with Gasteiger partial charge in [-0.15, -0.1) is 0 Å². The first-order valence-corrected chi connectivity index (χ1v) is 16.9. The van der Waals surface area contributed by atoms with Gasteiger partial charge in [0.15, 0.2) is 6.29 Å². The zero-order chi connectivity index (χ0) is 27.0. The molecule has 2 heteroatoms. The number of hydrogen-bond donors (Lipinski definition) is 0. The van der Waals surface area contributed by atoms with Crippen LogP contribution in [-0.2, 0) is 9.47 Å². The third kappa shape index (κ3) is 7.25. The van der Waals surface area contributed by atoms with Crippen LogP contribution in [0.3, 0.4) is 0 Å². The molecule has 0 N–H and O–H groups in total. The average Bonchev–Trinajstić information content (AvgIpc) is 3.26. The number of rotatable bonds is 7. The van der Waals surface area contributed by atoms with E-state index < -0.39 is 0 Å². The summed E-state index contributed by atoms with van der Waals surface area (Å²) in [4.78, 5) is 0. The maximum Gasteiger partial charge on any atom is 0.157 e. The highest BCUT2D eigenvalue weighted by Gasteiger charge is 2.55. The van der Waals surface area contributed by atoms with Crippen molar-refractivity contribution < 1.29 is 9.47 Å². The summed E-state index contributed by atoms with van der Waals surface area (Å²) < 4.78 is 12.4. The number of fused-ring (bicyclic) bond motifs is 4. The zero-order valence-electron chi connectivity index (χ0n) is 26.2. The monoisotopic (exact) mass is 516 g/mol. The minimum atomic E-state index is 0.0730. The summed E-state index contributed by atoms with van der Waals surface area (Å²) in [6.07, 6.45) is 21.1. The van der Waals surface area contributed by atoms with Crippen LogP contribution in [-0.4, -0.2) is 19.0 Å². The van der Waals surface area contributed by atoms with Crippen LogP contribution in [0.4, 0.5) is 0 Å². The van der Waals surface area contributed by atoms with Gasteiger partial charge >= 0.3 is 0 Å². The van der Waals surface area contributed by atoms with Gasteiger partial charge in [0.2, 0.25) is 0 Å². The molecule has 3 fully saturated rings. The van der Waals surface area contributed by atoms with Crippen LogP contribution in [0.1, 0.15) is 152 Å². The molecule has 0 amide bonds. The number of hydrogen-bond acceptors (Lipinski definition) is 2. The lowest BCUT2D eigenvalue weighted by Gasteiger charge is -2.54. The molecule has 5 aliphatic rings. The third-order valence-corrected chi connectivity index (χ3v) is 11.0. The van der Waals surface area contributed by atoms with E-state index in [4.69, 9.17) is 9.47 Å². The van der Waals surface area contributed by atoms with Gasteiger partial charge in [0.1, 0.15) is 0 Å². The molecule has 216 valence electrons. The molecule has 5 rings (SSSR count). The first kappa shape index (κ1) is 31.2. The topological polar surface area (TPSA) is 18.5 Å². The van der Waals surface area contributed by atoms with Crippen molar-refractivity contribution in [1.82, 2.24) is 0 Å². The standard InChI is InChI=1S/C31H52O2.2C2H6/c1-21(2)9-5-6-10-23-12-15-29-28-19-22(3)27-20-24(33-30-11-7-8-18-32-30)13-14-25(27)26(28)16-17-31(23,29)4;2*1-2/h21-24,26,28-30H,5-20H2,1-4H3;2*1-2H3. The zero-order valence-corrected chi connectivity index (χ0v) is 26.2. The Morgan fingerprint density at radius 1 is 0.946 bits per heavy atom. The highest BCUT2D eigenvalue weighted by Crippen LogP contribution is 2.64. The molecule has 37 heavy (non-hydrogen) atoms. The fraction of sp³-hybridized carbons (Fsp3) is 0.943. The Balaban J connectivity index is 0.000000907. The molecule has 0 aromatic heterocycles. The van der Waals surface area contributed by atoms with Gasteiger partial charge < -0.3 is 9.47 Å². The van der Waals surface area contributed by atoms with E-state index in [2.05, 4.69) is 27.7 Å². The molecule has 1 heterocycles. The van der Waals surface area contributed by atoms with Crippen LogP contribution in [0.5, 0.6) is 0 Å². The molecule has 1 saturated heterocycles. The van der Waals surface area contributed by atoms with Gasteiger partial charge in [0.05, 0.1) is 6.10 Å². The maximum absolute atomic E-state index is 6.47. The van der Waals surface area contributed by atoms with Crippen molar-refractivity contribution in [3.63, 3.8) is 0 Å². The minimum Gasteiger partial charge on any atom is -0.353 e. The summed E-state index contributed by atoms with van der Waals surface area (Å²) in [7, 11) is 0. The van der Waals surface area contributed by atoms with Crippen molar-refractivity contribution in [1.29, 1.82) is 0 Å². The first-order chi connectivity index (χ1) is 18.0. The minimum absolute atomic E-state index is 0.0730. The Hall–Kier alpha value is -0.340. The highest BCUT2D eigenvalue weighted by molar-refractivity contribution is 5.29. The lowest BCUT2D eigenvalue weighted by atomic mass is 9.51. The Morgan fingerprint density at radius 3 is 2.43 bits per heavy atom. The smallest absolute Gasteiger partial charge is 0.157 e. The van der Waals surface area contributed by atoms with E-state index in [-0.39, 0.29) is 6.29 Å². The molecule has 2 saturated carbocycles. The number of ether oxygens (including phenoxy) is 2. The van der Waals surface area contributed by atoms with Crippen LogP contribution in [0, 0.1) is 40.9 Å². The second-order valence-corrected chi connectivity index (χ2v) is 13.4. The number of allylic oxidation sites excluding steroid dienone is 1. The van der Waals surface area contributed by atoms with E-state index in [0.717, 1.165) is 48.5 Å². The quantitative estimate of drug-likeness (QED) is 0.247. The lowest BCUT2D eigenvalue weighted by molar-refractivity contribution is -0.190. The van der Waals surface area contributed by atoms with Crippen LogP contribution in [0.15, 0.2) is 11.1 Å². The lowest BCUT2D eigenvalue weighted by Crippen LogP contribution is -2.45. The van der Waals surface area contributed by atoms with Crippen LogP contribution in [0.2, 0.25) is 0 Å². The molecule has 0 aromatic carbocycles. The Morgan fingerprint density at radius 2 is 1.73 bits per heavy atom. The van der Waals surface area contributed by atoms with E-state index in [1.807, 2.05) is 38.8 Å². The Bertz CT molecular complexity index is 689. The van der Waals surface area contributed by atoms with Crippen LogP contribution >= 0.6 is 0 Å². The summed E-state index contributed by atoms with van der Waals surface area (Å²) in [5.74, 6) is 5.51. The van der Waals surface area contributed by atoms with Gasteiger partial charge in [-0.25, -0.2) is 0 Å². The normalized spacial score (nSPS) is 39.0. The van der Waals surface area contributed by atoms with Gasteiger partial charge in [-0.3, -0.25) is 0 Å². The molecule has 8 atom stereocenters. The fourth-order valence-electron chi connectivity index (χ4n) is 9.17. The Labute approximate surface area is 232 Å². The fourth-order valence-corrected chi connectivity index (χ4v) is 9.17. The van der Waals surface area contributed by atoms with Gasteiger partial charge in [-0.2, -0.15) is 0 Å². The first-order valence-electron chi connectivity index (χ1n) is 16.9. The van der Waals surface area contributed by atoms with E-state index in [9.17, 15) is 0 Å². The van der Waals surface area contributed by atoms with Crippen LogP contribution < -0.4 is 0 Å². The van der Waals surface area contributed by atoms with Crippen molar-refractivity contribution in [2.24, 2.45) is 40.9 Å². The van der Waals surface area contributed by atoms with Gasteiger partial charge in [-0.05, 0) is 118 Å². The van der Waals surface area contributed by atoms with Crippen molar-refractivity contribution in [3.8, 4) is 0 Å². The summed E-state index contributed by atoms with van der Waals surface area (Å²) in [5, 5.41) is 0. The third-order valence-electron chi connectivity index (χ3n) is 11.0. The predicted octanol–water partition coefficient (Wildman–Crippen LogP) is 10.7. The number of unbranched alkanes of at least 4 members (excludes halogenated alkanes) is 1. The molecule has 0 radical (unpaired) electrons. The molecule has 8 unspecified atom stereocenters. The second kappa shape index (κ2) is 14.9. The molecule has 4 aliphatic carbocycles. The molecular formula is C35H64O2. The molecule has 0 bridgehead atoms. The SMILES string of the molecule is CC.CC.CC(C)CCCCC1CCC2C3CC(C)C4=C(CCC(OC5CCCCO5)C4)C3CCC12C. The van der Waals surface area contributed by atoms with Crippen molar-refractivity contribution in [2.75, 3.05) is 6.61 Å². The predicted molar refractivity (Wildman–Crippen MR) is 160 cm³/mol. The molecular weight excluding hydrogens is 452 g/mol. The van der Waals surface area contributed by atoms with Gasteiger partial charge in [0.25, 0.3) is 0 Å². The van der Waals surface area contributed by atoms with Gasteiger partial charge in [-0.1, -0.05) is 85.8 Å². The van der Waals surface area contributed by atoms with E-state index in [1.165, 1.54) is 89.9 Å². The molecule has 0 aromatic rings. The maximum atomic E-state index is 6.47. The van der Waals surface area contributed by atoms with Crippen molar-refractivity contribution in [3.05, 3.63) is 11.1 Å². The summed E-state index contributed by atoms with van der Waals surface area (Å²) in [5.41, 5.74) is 4.36. The van der Waals surface area contributed by atoms with Gasteiger partial charge in [0, 0.05) is 6.61 Å². The molecule has 1 aliphatic heterocycles. The summed E-state index contributed by atoms with van der Waals surface area (Å²) in [6, 6.07) is 0. The summed E-state index contributed by atoms with van der Waals surface area (Å²) >= 11 is 0. The summed E-state index contributed by atoms with van der Waals surface area (Å²) in [6.45, 7) is 18.9. The highest BCUT2D eigenvalue weighted by atomic mass is 16.7. The van der Waals surface area contributed by atoms with E-state index >= 15 is 0 Å². The second-order valence-electron chi connectivity index (χ2n) is 13.4. The Kier molecular flexibility index (Phi) is 12.5.